The van der Waals surface area contributed by atoms with Crippen molar-refractivity contribution in [3.05, 3.63) is 89.2 Å². The van der Waals surface area contributed by atoms with Gasteiger partial charge in [0.1, 0.15) is 5.82 Å². The number of nitrogens with zero attached hydrogens (tertiary/aromatic N) is 4. The highest BCUT2D eigenvalue weighted by Gasteiger charge is 2.40. The number of hydrogen-bond acceptors (Lipinski definition) is 5. The molecule has 0 amide bonds. The maximum absolute atomic E-state index is 15.0. The number of hydrogen-bond donors (Lipinski definition) is 0. The minimum absolute atomic E-state index is 0.0290. The summed E-state index contributed by atoms with van der Waals surface area (Å²) in [5.41, 5.74) is 6.33. The quantitative estimate of drug-likeness (QED) is 0.437. The maximum atomic E-state index is 15.0. The molecule has 3 aromatic rings. The van der Waals surface area contributed by atoms with E-state index in [1.807, 2.05) is 30.5 Å². The number of allylic oxidation sites excluding steroid dienone is 3. The van der Waals surface area contributed by atoms with Crippen LogP contribution in [0, 0.1) is 29.0 Å². The van der Waals surface area contributed by atoms with Gasteiger partial charge in [0.05, 0.1) is 28.7 Å². The number of benzene rings is 1. The van der Waals surface area contributed by atoms with Crippen LogP contribution in [0.25, 0.3) is 22.6 Å². The lowest BCUT2D eigenvalue weighted by Gasteiger charge is -2.39. The van der Waals surface area contributed by atoms with Crippen molar-refractivity contribution in [2.45, 2.75) is 31.4 Å². The summed E-state index contributed by atoms with van der Waals surface area (Å²) in [7, 11) is 0. The zero-order valence-corrected chi connectivity index (χ0v) is 20.1. The summed E-state index contributed by atoms with van der Waals surface area (Å²) in [5.74, 6) is 1.51. The van der Waals surface area contributed by atoms with Gasteiger partial charge >= 0.3 is 0 Å². The largest absolute Gasteiger partial charge is 0.260 e. The van der Waals surface area contributed by atoms with Crippen LogP contribution >= 0.6 is 11.8 Å². The van der Waals surface area contributed by atoms with Gasteiger partial charge in [-0.3, -0.25) is 4.98 Å². The Morgan fingerprint density at radius 2 is 2.06 bits per heavy atom. The number of halogens is 1. The smallest absolute Gasteiger partial charge is 0.160 e. The van der Waals surface area contributed by atoms with E-state index in [2.05, 4.69) is 24.6 Å². The maximum Gasteiger partial charge on any atom is 0.160 e. The highest BCUT2D eigenvalue weighted by Crippen LogP contribution is 2.49. The van der Waals surface area contributed by atoms with Crippen molar-refractivity contribution in [1.29, 1.82) is 5.26 Å². The van der Waals surface area contributed by atoms with Crippen LogP contribution in [0.4, 0.5) is 4.39 Å². The molecule has 0 spiro atoms. The summed E-state index contributed by atoms with van der Waals surface area (Å²) >= 11 is 1.70. The van der Waals surface area contributed by atoms with Gasteiger partial charge in [0.15, 0.2) is 5.82 Å². The predicted octanol–water partition coefficient (Wildman–Crippen LogP) is 6.51. The van der Waals surface area contributed by atoms with Gasteiger partial charge in [-0.15, -0.1) is 0 Å². The fraction of sp³-hybridized carbons (Fsp3) is 0.286. The van der Waals surface area contributed by atoms with Gasteiger partial charge < -0.3 is 0 Å². The lowest BCUT2D eigenvalue weighted by Crippen LogP contribution is -2.31. The van der Waals surface area contributed by atoms with Gasteiger partial charge in [-0.05, 0) is 60.8 Å². The van der Waals surface area contributed by atoms with Crippen molar-refractivity contribution in [2.75, 3.05) is 6.26 Å². The van der Waals surface area contributed by atoms with E-state index >= 15 is 0 Å². The van der Waals surface area contributed by atoms with E-state index < -0.39 is 0 Å². The topological polar surface area (TPSA) is 62.5 Å². The molecule has 0 aliphatic heterocycles. The summed E-state index contributed by atoms with van der Waals surface area (Å²) in [6, 6.07) is 13.0. The van der Waals surface area contributed by atoms with Gasteiger partial charge in [0, 0.05) is 34.6 Å². The molecule has 4 nitrogen and oxygen atoms in total. The highest BCUT2D eigenvalue weighted by molar-refractivity contribution is 7.97. The first-order chi connectivity index (χ1) is 16.5. The lowest BCUT2D eigenvalue weighted by molar-refractivity contribution is 0.315. The van der Waals surface area contributed by atoms with Gasteiger partial charge in [-0.25, -0.2) is 14.4 Å². The van der Waals surface area contributed by atoms with Gasteiger partial charge in [-0.2, -0.15) is 17.0 Å². The Morgan fingerprint density at radius 3 is 2.82 bits per heavy atom. The molecule has 3 atom stereocenters. The molecular weight excluding hydrogens is 443 g/mol. The van der Waals surface area contributed by atoms with E-state index in [0.29, 0.717) is 28.6 Å². The average Bonchev–Trinajstić information content (AvgIpc) is 2.86. The number of nitriles is 1. The zero-order valence-electron chi connectivity index (χ0n) is 19.3. The summed E-state index contributed by atoms with van der Waals surface area (Å²) < 4.78 is 15.0. The normalized spacial score (nSPS) is 21.3. The van der Waals surface area contributed by atoms with Crippen molar-refractivity contribution >= 4 is 11.8 Å². The molecule has 2 heterocycles. The van der Waals surface area contributed by atoms with Crippen LogP contribution in [0.1, 0.15) is 36.2 Å². The summed E-state index contributed by atoms with van der Waals surface area (Å²) in [6.07, 6.45) is 7.51. The second-order valence-electron chi connectivity index (χ2n) is 8.94. The second-order valence-corrected chi connectivity index (χ2v) is 9.81. The van der Waals surface area contributed by atoms with Gasteiger partial charge in [0.2, 0.25) is 0 Å². The molecule has 3 unspecified atom stereocenters. The number of fused-ring (bicyclic) bond motifs is 3. The number of pyridine rings is 1. The van der Waals surface area contributed by atoms with Crippen molar-refractivity contribution in [3.8, 4) is 28.7 Å². The monoisotopic (exact) mass is 468 g/mol. The summed E-state index contributed by atoms with van der Waals surface area (Å²) in [4.78, 5) is 14.4. The molecule has 0 saturated heterocycles. The number of rotatable bonds is 4. The number of thioether (sulfide) groups is 1. The molecule has 0 fully saturated rings. The van der Waals surface area contributed by atoms with Crippen molar-refractivity contribution < 1.29 is 4.39 Å². The third-order valence-corrected chi connectivity index (χ3v) is 7.63. The van der Waals surface area contributed by atoms with E-state index in [4.69, 9.17) is 9.97 Å². The van der Waals surface area contributed by atoms with Crippen LogP contribution in [-0.2, 0) is 12.2 Å². The molecule has 34 heavy (non-hydrogen) atoms. The first-order valence-electron chi connectivity index (χ1n) is 11.4. The Hall–Kier alpha value is -3.30. The summed E-state index contributed by atoms with van der Waals surface area (Å²) in [6.45, 7) is 6.33. The third-order valence-electron chi connectivity index (χ3n) is 7.04. The minimum atomic E-state index is -0.298. The SMILES string of the molecule is C=C1C(C#N)=CC2c3nc(-c4ccnc(CSC)c4)nc(-c4ccccc4F)c3CCC2C1C. The molecule has 1 aromatic carbocycles. The number of aromatic nitrogens is 3. The Morgan fingerprint density at radius 1 is 1.24 bits per heavy atom. The van der Waals surface area contributed by atoms with Crippen molar-refractivity contribution in [3.63, 3.8) is 0 Å². The molecule has 0 saturated carbocycles. The lowest BCUT2D eigenvalue weighted by atomic mass is 9.65. The van der Waals surface area contributed by atoms with Crippen LogP contribution in [0.2, 0.25) is 0 Å². The summed E-state index contributed by atoms with van der Waals surface area (Å²) in [5, 5.41) is 9.73. The van der Waals surface area contributed by atoms with Crippen LogP contribution in [-0.4, -0.2) is 21.2 Å². The highest BCUT2D eigenvalue weighted by atomic mass is 32.2. The zero-order chi connectivity index (χ0) is 23.8. The van der Waals surface area contributed by atoms with Crippen LogP contribution in [0.3, 0.4) is 0 Å². The van der Waals surface area contributed by atoms with Gasteiger partial charge in [0.25, 0.3) is 0 Å². The molecule has 170 valence electrons. The van der Waals surface area contributed by atoms with Gasteiger partial charge in [-0.1, -0.05) is 31.7 Å². The molecule has 0 bridgehead atoms. The fourth-order valence-corrected chi connectivity index (χ4v) is 5.68. The Labute approximate surface area is 203 Å². The molecular formula is C28H25FN4S. The first kappa shape index (κ1) is 22.5. The van der Waals surface area contributed by atoms with Crippen LogP contribution in [0.5, 0.6) is 0 Å². The Kier molecular flexibility index (Phi) is 6.05. The molecule has 2 aromatic heterocycles. The minimum Gasteiger partial charge on any atom is -0.260 e. The Bertz CT molecular complexity index is 1360. The molecule has 0 N–H and O–H groups in total. The Balaban J connectivity index is 1.76. The van der Waals surface area contributed by atoms with Crippen LogP contribution < -0.4 is 0 Å². The molecule has 5 rings (SSSR count). The van der Waals surface area contributed by atoms with E-state index in [1.165, 1.54) is 6.07 Å². The molecule has 6 heteroatoms. The first-order valence-corrected chi connectivity index (χ1v) is 12.8. The van der Waals surface area contributed by atoms with Crippen molar-refractivity contribution in [2.24, 2.45) is 11.8 Å². The predicted molar refractivity (Wildman–Crippen MR) is 134 cm³/mol. The van der Waals surface area contributed by atoms with E-state index in [1.54, 1.807) is 30.1 Å². The molecule has 2 aliphatic rings. The van der Waals surface area contributed by atoms with Crippen LogP contribution in [0.15, 0.2) is 66.4 Å². The molecule has 2 aliphatic carbocycles. The fourth-order valence-electron chi connectivity index (χ4n) is 5.23. The van der Waals surface area contributed by atoms with E-state index in [0.717, 1.165) is 46.7 Å². The average molecular weight is 469 g/mol. The standard InChI is InChI=1S/C28H25FN4S/c1-16-17(2)21-8-9-23-26(22-6-4-5-7-25(22)29)32-28(18-10-11-31-20(12-18)15-34-3)33-27(23)24(21)13-19(16)14-30/h4-7,10-13,17,21,24H,1,8-9,15H2,2-3H3. The van der Waals surface area contributed by atoms with Crippen molar-refractivity contribution in [1.82, 2.24) is 15.0 Å². The molecule has 0 radical (unpaired) electrons. The second kappa shape index (κ2) is 9.15. The third kappa shape index (κ3) is 3.84. The van der Waals surface area contributed by atoms with E-state index in [9.17, 15) is 9.65 Å². The van der Waals surface area contributed by atoms with E-state index in [-0.39, 0.29) is 17.7 Å².